The molecule has 1 aliphatic rings. The molecule has 0 aromatic carbocycles. The minimum Gasteiger partial charge on any atom is -0.395 e. The van der Waals surface area contributed by atoms with Gasteiger partial charge in [0.1, 0.15) is 5.82 Å². The highest BCUT2D eigenvalue weighted by Crippen LogP contribution is 2.29. The molecule has 1 saturated carbocycles. The Morgan fingerprint density at radius 3 is 2.63 bits per heavy atom. The number of aliphatic hydroxyl groups excluding tert-OH is 1. The van der Waals surface area contributed by atoms with E-state index in [1.54, 1.807) is 0 Å². The van der Waals surface area contributed by atoms with Crippen molar-refractivity contribution in [2.45, 2.75) is 51.6 Å². The van der Waals surface area contributed by atoms with Gasteiger partial charge >= 0.3 is 0 Å². The second-order valence-electron chi connectivity index (χ2n) is 5.73. The average molecular weight is 265 g/mol. The summed E-state index contributed by atoms with van der Waals surface area (Å²) in [6.07, 6.45) is 10.4. The third-order valence-electron chi connectivity index (χ3n) is 4.56. The molecule has 108 valence electrons. The van der Waals surface area contributed by atoms with Gasteiger partial charge in [0.05, 0.1) is 13.2 Å². The zero-order valence-electron chi connectivity index (χ0n) is 12.3. The van der Waals surface area contributed by atoms with Crippen molar-refractivity contribution in [1.29, 1.82) is 0 Å². The van der Waals surface area contributed by atoms with Crippen molar-refractivity contribution in [1.82, 2.24) is 14.5 Å². The molecule has 1 aromatic heterocycles. The molecule has 1 aliphatic carbocycles. The molecule has 0 spiro atoms. The molecule has 1 aromatic rings. The molecule has 0 radical (unpaired) electrons. The van der Waals surface area contributed by atoms with Gasteiger partial charge in [-0.3, -0.25) is 4.90 Å². The van der Waals surface area contributed by atoms with Crippen LogP contribution in [0.1, 0.15) is 44.9 Å². The molecule has 1 N–H and O–H groups in total. The number of imidazole rings is 1. The maximum atomic E-state index is 9.29. The van der Waals surface area contributed by atoms with Crippen LogP contribution in [0.25, 0.3) is 0 Å². The number of aromatic nitrogens is 2. The third kappa shape index (κ3) is 3.80. The number of nitrogens with zero attached hydrogens (tertiary/aromatic N) is 3. The van der Waals surface area contributed by atoms with Crippen LogP contribution in [0.15, 0.2) is 12.4 Å². The van der Waals surface area contributed by atoms with Gasteiger partial charge in [-0.15, -0.1) is 0 Å². The van der Waals surface area contributed by atoms with E-state index in [-0.39, 0.29) is 6.61 Å². The second-order valence-corrected chi connectivity index (χ2v) is 5.73. The van der Waals surface area contributed by atoms with Gasteiger partial charge in [0.2, 0.25) is 0 Å². The van der Waals surface area contributed by atoms with Crippen molar-refractivity contribution < 1.29 is 5.11 Å². The molecule has 0 bridgehead atoms. The smallest absolute Gasteiger partial charge is 0.122 e. The average Bonchev–Trinajstić information content (AvgIpc) is 2.84. The molecule has 2 rings (SSSR count). The summed E-state index contributed by atoms with van der Waals surface area (Å²) in [6.45, 7) is 4.14. The fourth-order valence-corrected chi connectivity index (χ4v) is 3.17. The molecule has 19 heavy (non-hydrogen) atoms. The molecular weight excluding hydrogens is 238 g/mol. The predicted octanol–water partition coefficient (Wildman–Crippen LogP) is 2.18. The fourth-order valence-electron chi connectivity index (χ4n) is 3.17. The lowest BCUT2D eigenvalue weighted by Gasteiger charge is -2.36. The van der Waals surface area contributed by atoms with E-state index in [9.17, 15) is 5.11 Å². The van der Waals surface area contributed by atoms with Crippen molar-refractivity contribution in [3.8, 4) is 0 Å². The molecule has 4 nitrogen and oxygen atoms in total. The van der Waals surface area contributed by atoms with E-state index in [1.807, 2.05) is 19.4 Å². The van der Waals surface area contributed by atoms with Crippen molar-refractivity contribution in [3.63, 3.8) is 0 Å². The second kappa shape index (κ2) is 7.06. The molecular formula is C15H27N3O. The Morgan fingerprint density at radius 2 is 2.11 bits per heavy atom. The highest BCUT2D eigenvalue weighted by molar-refractivity contribution is 4.92. The largest absolute Gasteiger partial charge is 0.395 e. The Kier molecular flexibility index (Phi) is 5.40. The lowest BCUT2D eigenvalue weighted by Crippen LogP contribution is -2.40. The van der Waals surface area contributed by atoms with E-state index in [0.29, 0.717) is 6.04 Å². The number of aryl methyl sites for hydroxylation is 1. The van der Waals surface area contributed by atoms with Crippen LogP contribution in [-0.4, -0.2) is 38.8 Å². The van der Waals surface area contributed by atoms with E-state index in [0.717, 1.165) is 24.8 Å². The predicted molar refractivity (Wildman–Crippen MR) is 76.7 cm³/mol. The van der Waals surface area contributed by atoms with Gasteiger partial charge in [0, 0.05) is 32.0 Å². The summed E-state index contributed by atoms with van der Waals surface area (Å²) in [5.41, 5.74) is 0. The van der Waals surface area contributed by atoms with E-state index in [4.69, 9.17) is 0 Å². The summed E-state index contributed by atoms with van der Waals surface area (Å²) >= 11 is 0. The Hall–Kier alpha value is -0.870. The summed E-state index contributed by atoms with van der Waals surface area (Å²) in [5.74, 6) is 2.01. The van der Waals surface area contributed by atoms with Crippen molar-refractivity contribution in [2.75, 3.05) is 13.2 Å². The monoisotopic (exact) mass is 265 g/mol. The molecule has 0 amide bonds. The quantitative estimate of drug-likeness (QED) is 0.857. The van der Waals surface area contributed by atoms with E-state index in [1.165, 1.54) is 32.1 Å². The summed E-state index contributed by atoms with van der Waals surface area (Å²) in [7, 11) is 2.04. The Balaban J connectivity index is 1.94. The molecule has 1 fully saturated rings. The van der Waals surface area contributed by atoms with Crippen LogP contribution in [-0.2, 0) is 13.6 Å². The highest BCUT2D eigenvalue weighted by Gasteiger charge is 2.25. The summed E-state index contributed by atoms with van der Waals surface area (Å²) < 4.78 is 2.07. The van der Waals surface area contributed by atoms with Gasteiger partial charge in [-0.05, 0) is 31.6 Å². The van der Waals surface area contributed by atoms with Crippen LogP contribution in [0, 0.1) is 5.92 Å². The van der Waals surface area contributed by atoms with Crippen molar-refractivity contribution >= 4 is 0 Å². The topological polar surface area (TPSA) is 41.3 Å². The third-order valence-corrected chi connectivity index (χ3v) is 4.56. The lowest BCUT2D eigenvalue weighted by atomic mass is 9.84. The van der Waals surface area contributed by atoms with Crippen molar-refractivity contribution in [2.24, 2.45) is 13.0 Å². The molecule has 0 atom stereocenters. The minimum atomic E-state index is 0.234. The highest BCUT2D eigenvalue weighted by atomic mass is 16.3. The number of aliphatic hydroxyl groups is 1. The lowest BCUT2D eigenvalue weighted by molar-refractivity contribution is 0.100. The Morgan fingerprint density at radius 1 is 1.37 bits per heavy atom. The number of hydrogen-bond acceptors (Lipinski definition) is 3. The zero-order valence-corrected chi connectivity index (χ0v) is 12.3. The van der Waals surface area contributed by atoms with Crippen LogP contribution >= 0.6 is 0 Å². The number of hydrogen-bond donors (Lipinski definition) is 1. The molecule has 0 saturated heterocycles. The molecule has 0 unspecified atom stereocenters. The normalized spacial score (nSPS) is 24.0. The molecule has 0 aliphatic heterocycles. The van der Waals surface area contributed by atoms with Gasteiger partial charge in [-0.1, -0.05) is 13.3 Å². The van der Waals surface area contributed by atoms with Gasteiger partial charge in [-0.2, -0.15) is 0 Å². The van der Waals surface area contributed by atoms with E-state index in [2.05, 4.69) is 21.4 Å². The summed E-state index contributed by atoms with van der Waals surface area (Å²) in [6, 6.07) is 0.617. The van der Waals surface area contributed by atoms with E-state index < -0.39 is 0 Å². The van der Waals surface area contributed by atoms with Gasteiger partial charge in [0.15, 0.2) is 0 Å². The van der Waals surface area contributed by atoms with Crippen LogP contribution in [0.4, 0.5) is 0 Å². The first-order valence-corrected chi connectivity index (χ1v) is 7.55. The fraction of sp³-hybridized carbons (Fsp3) is 0.800. The summed E-state index contributed by atoms with van der Waals surface area (Å²) in [4.78, 5) is 6.81. The van der Waals surface area contributed by atoms with Crippen LogP contribution < -0.4 is 0 Å². The Bertz CT molecular complexity index is 369. The number of rotatable bonds is 6. The van der Waals surface area contributed by atoms with Crippen molar-refractivity contribution in [3.05, 3.63) is 18.2 Å². The van der Waals surface area contributed by atoms with E-state index >= 15 is 0 Å². The maximum absolute atomic E-state index is 9.29. The molecule has 1 heterocycles. The first kappa shape index (κ1) is 14.5. The first-order valence-electron chi connectivity index (χ1n) is 7.55. The summed E-state index contributed by atoms with van der Waals surface area (Å²) in [5, 5.41) is 9.29. The van der Waals surface area contributed by atoms with Crippen LogP contribution in [0.2, 0.25) is 0 Å². The van der Waals surface area contributed by atoms with Gasteiger partial charge in [0.25, 0.3) is 0 Å². The Labute approximate surface area is 116 Å². The SMILES string of the molecule is CCC1CCC(N(CCO)Cc2nccn2C)CC1. The molecule has 4 heteroatoms. The van der Waals surface area contributed by atoms with Gasteiger partial charge in [-0.25, -0.2) is 4.98 Å². The zero-order chi connectivity index (χ0) is 13.7. The minimum absolute atomic E-state index is 0.234. The van der Waals surface area contributed by atoms with Gasteiger partial charge < -0.3 is 9.67 Å². The maximum Gasteiger partial charge on any atom is 0.122 e. The first-order chi connectivity index (χ1) is 9.24. The standard InChI is InChI=1S/C15H27N3O/c1-3-13-4-6-14(7-5-13)18(10-11-19)12-15-16-8-9-17(15)2/h8-9,13-14,19H,3-7,10-12H2,1-2H3. The van der Waals surface area contributed by atoms with Crippen LogP contribution in [0.3, 0.4) is 0 Å². The van der Waals surface area contributed by atoms with Crippen LogP contribution in [0.5, 0.6) is 0 Å².